The van der Waals surface area contributed by atoms with Crippen molar-refractivity contribution in [2.75, 3.05) is 11.4 Å². The number of hydrogen-bond donors (Lipinski definition) is 2. The number of hydrazine groups is 1. The second-order valence-corrected chi connectivity index (χ2v) is 7.54. The minimum Gasteiger partial charge on any atom is -0.466 e. The van der Waals surface area contributed by atoms with Gasteiger partial charge in [-0.15, -0.1) is 0 Å². The summed E-state index contributed by atoms with van der Waals surface area (Å²) in [5, 5.41) is 0. The molecule has 2 atom stereocenters. The van der Waals surface area contributed by atoms with Gasteiger partial charge in [0.2, 0.25) is 11.8 Å². The minimum atomic E-state index is -0.528. The zero-order chi connectivity index (χ0) is 21.1. The number of aryl methyl sites for hydroxylation is 2. The topological polar surface area (TPSA) is 91.7 Å². The van der Waals surface area contributed by atoms with Gasteiger partial charge in [-0.2, -0.15) is 0 Å². The molecule has 0 bridgehead atoms. The van der Waals surface area contributed by atoms with Crippen molar-refractivity contribution < 1.29 is 18.8 Å². The number of nitrogens with one attached hydrogen (secondary N) is 2. The molecule has 1 aliphatic heterocycles. The molecule has 1 aromatic carbocycles. The molecule has 154 valence electrons. The lowest BCUT2D eigenvalue weighted by Gasteiger charge is -2.23. The van der Waals surface area contributed by atoms with Crippen molar-refractivity contribution >= 4 is 23.4 Å². The van der Waals surface area contributed by atoms with Gasteiger partial charge < -0.3 is 9.32 Å². The number of furan rings is 1. The van der Waals surface area contributed by atoms with Crippen molar-refractivity contribution in [2.45, 2.75) is 46.5 Å². The molecule has 2 unspecified atom stereocenters. The maximum absolute atomic E-state index is 12.6. The molecule has 3 amide bonds. The number of amides is 3. The smallest absolute Gasteiger partial charge is 0.273 e. The lowest BCUT2D eigenvalue weighted by atomic mass is 9.96. The molecule has 0 radical (unpaired) electrons. The van der Waals surface area contributed by atoms with Crippen molar-refractivity contribution in [3.05, 3.63) is 53.0 Å². The normalized spacial score (nSPS) is 17.3. The SMILES string of the molecule is CCC(C)c1ccccc1N1CC(C(=O)NNC(=O)c2cc(C)oc2C)CC1=O. The van der Waals surface area contributed by atoms with Gasteiger partial charge in [0, 0.05) is 18.7 Å². The van der Waals surface area contributed by atoms with E-state index in [0.717, 1.165) is 17.7 Å². The molecule has 2 N–H and O–H groups in total. The molecule has 7 nitrogen and oxygen atoms in total. The maximum atomic E-state index is 12.6. The van der Waals surface area contributed by atoms with Crippen LogP contribution >= 0.6 is 0 Å². The summed E-state index contributed by atoms with van der Waals surface area (Å²) in [7, 11) is 0. The van der Waals surface area contributed by atoms with E-state index < -0.39 is 11.8 Å². The third-order valence-electron chi connectivity index (χ3n) is 5.45. The first-order valence-electron chi connectivity index (χ1n) is 9.88. The van der Waals surface area contributed by atoms with Gasteiger partial charge in [0.05, 0.1) is 11.5 Å². The van der Waals surface area contributed by atoms with Gasteiger partial charge in [0.25, 0.3) is 5.91 Å². The van der Waals surface area contributed by atoms with E-state index in [9.17, 15) is 14.4 Å². The Morgan fingerprint density at radius 2 is 1.97 bits per heavy atom. The van der Waals surface area contributed by atoms with E-state index in [1.807, 2.05) is 24.3 Å². The van der Waals surface area contributed by atoms with Gasteiger partial charge in [-0.3, -0.25) is 25.2 Å². The molecule has 1 aliphatic rings. The molecule has 0 spiro atoms. The van der Waals surface area contributed by atoms with Crippen molar-refractivity contribution in [2.24, 2.45) is 5.92 Å². The summed E-state index contributed by atoms with van der Waals surface area (Å²) < 4.78 is 5.33. The van der Waals surface area contributed by atoms with Gasteiger partial charge in [-0.05, 0) is 43.9 Å². The first-order chi connectivity index (χ1) is 13.8. The van der Waals surface area contributed by atoms with E-state index in [1.54, 1.807) is 24.8 Å². The van der Waals surface area contributed by atoms with Gasteiger partial charge in [0.15, 0.2) is 0 Å². The summed E-state index contributed by atoms with van der Waals surface area (Å²) in [6.07, 6.45) is 1.07. The Hall–Kier alpha value is -3.09. The Labute approximate surface area is 170 Å². The highest BCUT2D eigenvalue weighted by Gasteiger charge is 2.36. The summed E-state index contributed by atoms with van der Waals surface area (Å²) in [6, 6.07) is 9.43. The summed E-state index contributed by atoms with van der Waals surface area (Å²) >= 11 is 0. The molecule has 29 heavy (non-hydrogen) atoms. The van der Waals surface area contributed by atoms with Crippen LogP contribution in [0.2, 0.25) is 0 Å². The fourth-order valence-electron chi connectivity index (χ4n) is 3.63. The second-order valence-electron chi connectivity index (χ2n) is 7.54. The Kier molecular flexibility index (Phi) is 6.06. The molecule has 2 heterocycles. The molecular weight excluding hydrogens is 370 g/mol. The summed E-state index contributed by atoms with van der Waals surface area (Å²) in [4.78, 5) is 39.1. The molecule has 0 saturated carbocycles. The fraction of sp³-hybridized carbons (Fsp3) is 0.409. The van der Waals surface area contributed by atoms with Gasteiger partial charge in [-0.25, -0.2) is 0 Å². The zero-order valence-electron chi connectivity index (χ0n) is 17.2. The standard InChI is InChI=1S/C22H27N3O4/c1-5-13(2)17-8-6-7-9-19(17)25-12-16(11-20(25)26)21(27)23-24-22(28)18-10-14(3)29-15(18)4/h6-10,13,16H,5,11-12H2,1-4H3,(H,23,27)(H,24,28). The monoisotopic (exact) mass is 397 g/mol. The summed E-state index contributed by atoms with van der Waals surface area (Å²) in [5.41, 5.74) is 7.18. The number of rotatable bonds is 5. The summed E-state index contributed by atoms with van der Waals surface area (Å²) in [5.74, 6) is -0.0282. The second kappa shape index (κ2) is 8.51. The third kappa shape index (κ3) is 4.34. The fourth-order valence-corrected chi connectivity index (χ4v) is 3.63. The Balaban J connectivity index is 1.65. The van der Waals surface area contributed by atoms with Crippen LogP contribution in [0.3, 0.4) is 0 Å². The van der Waals surface area contributed by atoms with Crippen LogP contribution in [0.4, 0.5) is 5.69 Å². The van der Waals surface area contributed by atoms with Crippen LogP contribution in [0, 0.1) is 19.8 Å². The number of hydrogen-bond acceptors (Lipinski definition) is 4. The molecule has 1 aromatic heterocycles. The average molecular weight is 397 g/mol. The molecule has 1 fully saturated rings. The molecule has 2 aromatic rings. The van der Waals surface area contributed by atoms with Crippen LogP contribution in [0.1, 0.15) is 60.0 Å². The Morgan fingerprint density at radius 1 is 1.24 bits per heavy atom. The number of anilines is 1. The number of benzene rings is 1. The van der Waals surface area contributed by atoms with Crippen LogP contribution in [0.5, 0.6) is 0 Å². The van der Waals surface area contributed by atoms with Gasteiger partial charge in [-0.1, -0.05) is 32.0 Å². The van der Waals surface area contributed by atoms with Gasteiger partial charge in [0.1, 0.15) is 11.5 Å². The lowest BCUT2D eigenvalue weighted by Crippen LogP contribution is -2.45. The van der Waals surface area contributed by atoms with E-state index >= 15 is 0 Å². The third-order valence-corrected chi connectivity index (χ3v) is 5.45. The first-order valence-corrected chi connectivity index (χ1v) is 9.88. The Morgan fingerprint density at radius 3 is 2.62 bits per heavy atom. The van der Waals surface area contributed by atoms with E-state index in [1.165, 1.54) is 0 Å². The van der Waals surface area contributed by atoms with Crippen LogP contribution < -0.4 is 15.8 Å². The van der Waals surface area contributed by atoms with Crippen molar-refractivity contribution in [3.8, 4) is 0 Å². The van der Waals surface area contributed by atoms with Crippen molar-refractivity contribution in [1.29, 1.82) is 0 Å². The van der Waals surface area contributed by atoms with Crippen LogP contribution in [-0.2, 0) is 9.59 Å². The highest BCUT2D eigenvalue weighted by atomic mass is 16.3. The van der Waals surface area contributed by atoms with Crippen LogP contribution in [-0.4, -0.2) is 24.3 Å². The Bertz CT molecular complexity index is 934. The van der Waals surface area contributed by atoms with E-state index in [4.69, 9.17) is 4.42 Å². The van der Waals surface area contributed by atoms with Crippen LogP contribution in [0.25, 0.3) is 0 Å². The van der Waals surface area contributed by atoms with E-state index in [-0.39, 0.29) is 24.8 Å². The largest absolute Gasteiger partial charge is 0.466 e. The van der Waals surface area contributed by atoms with Crippen molar-refractivity contribution in [1.82, 2.24) is 10.9 Å². The van der Waals surface area contributed by atoms with Gasteiger partial charge >= 0.3 is 0 Å². The number of para-hydroxylation sites is 1. The predicted octanol–water partition coefficient (Wildman–Crippen LogP) is 3.22. The van der Waals surface area contributed by atoms with E-state index in [0.29, 0.717) is 23.0 Å². The number of nitrogens with zero attached hydrogens (tertiary/aromatic N) is 1. The molecule has 0 aliphatic carbocycles. The number of carbonyl (C=O) groups is 3. The summed E-state index contributed by atoms with van der Waals surface area (Å²) in [6.45, 7) is 7.95. The van der Waals surface area contributed by atoms with Crippen molar-refractivity contribution in [3.63, 3.8) is 0 Å². The molecular formula is C22H27N3O4. The van der Waals surface area contributed by atoms with Crippen LogP contribution in [0.15, 0.2) is 34.7 Å². The predicted molar refractivity (Wildman–Crippen MR) is 109 cm³/mol. The lowest BCUT2D eigenvalue weighted by molar-refractivity contribution is -0.126. The highest BCUT2D eigenvalue weighted by Crippen LogP contribution is 2.33. The highest BCUT2D eigenvalue weighted by molar-refractivity contribution is 6.02. The molecule has 7 heteroatoms. The van der Waals surface area contributed by atoms with E-state index in [2.05, 4.69) is 24.7 Å². The number of carbonyl (C=O) groups excluding carboxylic acids is 3. The molecule has 1 saturated heterocycles. The average Bonchev–Trinajstić information content (AvgIpc) is 3.26. The first kappa shape index (κ1) is 20.6. The maximum Gasteiger partial charge on any atom is 0.273 e. The molecule has 3 rings (SSSR count). The quantitative estimate of drug-likeness (QED) is 0.758. The minimum absolute atomic E-state index is 0.0893. The zero-order valence-corrected chi connectivity index (χ0v) is 17.2.